The molecule has 0 aliphatic rings. The highest BCUT2D eigenvalue weighted by molar-refractivity contribution is 6.31. The Balaban J connectivity index is 0.000000169. The van der Waals surface area contributed by atoms with Gasteiger partial charge in [-0.3, -0.25) is 0 Å². The van der Waals surface area contributed by atoms with E-state index in [9.17, 15) is 22.0 Å². The Bertz CT molecular complexity index is 1130. The van der Waals surface area contributed by atoms with E-state index in [0.29, 0.717) is 42.0 Å². The van der Waals surface area contributed by atoms with Crippen LogP contribution in [-0.2, 0) is 19.0 Å². The third kappa shape index (κ3) is 4.50. The molecule has 4 rings (SSSR count). The van der Waals surface area contributed by atoms with Crippen LogP contribution in [0.25, 0.3) is 22.2 Å². The predicted octanol–water partition coefficient (Wildman–Crippen LogP) is 6.73. The molecule has 0 aliphatic carbocycles. The smallest absolute Gasteiger partial charge is 0.419 e. The number of hydrogen-bond acceptors (Lipinski definition) is 4. The van der Waals surface area contributed by atoms with E-state index in [4.69, 9.17) is 20.4 Å². The molecule has 4 nitrogen and oxygen atoms in total. The van der Waals surface area contributed by atoms with Crippen LogP contribution in [-0.4, -0.2) is 9.97 Å². The SMILES string of the molecule is CCc1nc2cc(C(F)(F)F)c(F)cc2o1.CCc1nc2cc(Cl)c(F)cc2o1. The van der Waals surface area contributed by atoms with Gasteiger partial charge in [0.15, 0.2) is 22.9 Å². The molecule has 2 heterocycles. The van der Waals surface area contributed by atoms with E-state index < -0.39 is 23.4 Å². The Labute approximate surface area is 166 Å². The second kappa shape index (κ2) is 7.98. The minimum absolute atomic E-state index is 0.0191. The van der Waals surface area contributed by atoms with Crippen LogP contribution >= 0.6 is 11.6 Å². The number of oxazole rings is 2. The third-order valence-corrected chi connectivity index (χ3v) is 4.20. The summed E-state index contributed by atoms with van der Waals surface area (Å²) in [4.78, 5) is 7.93. The van der Waals surface area contributed by atoms with Crippen LogP contribution in [0.15, 0.2) is 33.1 Å². The van der Waals surface area contributed by atoms with Gasteiger partial charge < -0.3 is 8.83 Å². The molecule has 10 heteroatoms. The summed E-state index contributed by atoms with van der Waals surface area (Å²) in [5.41, 5.74) is -0.231. The van der Waals surface area contributed by atoms with Crippen molar-refractivity contribution in [2.75, 3.05) is 0 Å². The van der Waals surface area contributed by atoms with E-state index in [1.54, 1.807) is 6.92 Å². The van der Waals surface area contributed by atoms with E-state index in [-0.39, 0.29) is 22.0 Å². The van der Waals surface area contributed by atoms with Gasteiger partial charge in [0.25, 0.3) is 0 Å². The number of nitrogens with zero attached hydrogens (tertiary/aromatic N) is 2. The van der Waals surface area contributed by atoms with Crippen LogP contribution in [0.4, 0.5) is 22.0 Å². The van der Waals surface area contributed by atoms with Crippen molar-refractivity contribution in [3.63, 3.8) is 0 Å². The lowest BCUT2D eigenvalue weighted by Gasteiger charge is -2.06. The first-order valence-corrected chi connectivity index (χ1v) is 8.90. The highest BCUT2D eigenvalue weighted by Crippen LogP contribution is 2.33. The fraction of sp³-hybridized carbons (Fsp3) is 0.263. The second-order valence-electron chi connectivity index (χ2n) is 5.95. The van der Waals surface area contributed by atoms with Crippen molar-refractivity contribution >= 4 is 33.8 Å². The first kappa shape index (κ1) is 21.0. The number of aromatic nitrogens is 2. The lowest BCUT2D eigenvalue weighted by atomic mass is 10.2. The molecule has 0 fully saturated rings. The molecule has 0 radical (unpaired) electrons. The maximum Gasteiger partial charge on any atom is 0.419 e. The van der Waals surface area contributed by atoms with Crippen molar-refractivity contribution in [2.24, 2.45) is 0 Å². The number of hydrogen-bond donors (Lipinski definition) is 0. The van der Waals surface area contributed by atoms with Crippen molar-refractivity contribution in [2.45, 2.75) is 32.9 Å². The highest BCUT2D eigenvalue weighted by atomic mass is 35.5. The van der Waals surface area contributed by atoms with E-state index in [1.807, 2.05) is 6.92 Å². The number of fused-ring (bicyclic) bond motifs is 2. The predicted molar refractivity (Wildman–Crippen MR) is 96.7 cm³/mol. The number of benzene rings is 2. The van der Waals surface area contributed by atoms with Gasteiger partial charge in [-0.25, -0.2) is 18.7 Å². The van der Waals surface area contributed by atoms with Gasteiger partial charge in [0.1, 0.15) is 22.7 Å². The zero-order valence-electron chi connectivity index (χ0n) is 15.2. The van der Waals surface area contributed by atoms with Crippen LogP contribution in [0.1, 0.15) is 31.2 Å². The molecule has 2 aromatic heterocycles. The molecular formula is C19H14ClF5N2O2. The van der Waals surface area contributed by atoms with Gasteiger partial charge in [0, 0.05) is 25.0 Å². The Morgan fingerprint density at radius 1 is 0.828 bits per heavy atom. The van der Waals surface area contributed by atoms with Gasteiger partial charge in [0.05, 0.1) is 10.6 Å². The number of aryl methyl sites for hydroxylation is 2. The number of halogens is 6. The average molecular weight is 433 g/mol. The summed E-state index contributed by atoms with van der Waals surface area (Å²) in [7, 11) is 0. The molecule has 0 aliphatic heterocycles. The van der Waals surface area contributed by atoms with E-state index >= 15 is 0 Å². The maximum absolute atomic E-state index is 13.1. The highest BCUT2D eigenvalue weighted by Gasteiger charge is 2.35. The lowest BCUT2D eigenvalue weighted by Crippen LogP contribution is -2.07. The fourth-order valence-corrected chi connectivity index (χ4v) is 2.65. The second-order valence-corrected chi connectivity index (χ2v) is 6.36. The molecule has 0 saturated carbocycles. The summed E-state index contributed by atoms with van der Waals surface area (Å²) < 4.78 is 73.5. The molecule has 154 valence electrons. The van der Waals surface area contributed by atoms with Crippen LogP contribution < -0.4 is 0 Å². The van der Waals surface area contributed by atoms with Gasteiger partial charge in [-0.05, 0) is 12.1 Å². The Morgan fingerprint density at radius 2 is 1.31 bits per heavy atom. The molecule has 0 bridgehead atoms. The van der Waals surface area contributed by atoms with Gasteiger partial charge in [-0.2, -0.15) is 13.2 Å². The summed E-state index contributed by atoms with van der Waals surface area (Å²) in [6.45, 7) is 3.66. The third-order valence-electron chi connectivity index (χ3n) is 3.91. The zero-order chi connectivity index (χ0) is 21.3. The maximum atomic E-state index is 13.1. The molecular weight excluding hydrogens is 419 g/mol. The number of alkyl halides is 3. The summed E-state index contributed by atoms with van der Waals surface area (Å²) in [6, 6.07) is 4.09. The lowest BCUT2D eigenvalue weighted by molar-refractivity contribution is -0.139. The fourth-order valence-electron chi connectivity index (χ4n) is 2.49. The van der Waals surface area contributed by atoms with Crippen molar-refractivity contribution in [1.29, 1.82) is 0 Å². The summed E-state index contributed by atoms with van der Waals surface area (Å²) in [5.74, 6) is -0.947. The standard InChI is InChI=1S/C10H7F4NO.C9H7ClFNO/c1-2-9-15-7-3-5(10(12,13)14)6(11)4-8(7)16-9;1-2-9-12-7-3-5(10)6(11)4-8(7)13-9/h3-4H,2H2,1H3;3-4H,2H2,1H3. The number of rotatable bonds is 2. The minimum atomic E-state index is -4.72. The van der Waals surface area contributed by atoms with Crippen LogP contribution in [0.2, 0.25) is 5.02 Å². The molecule has 29 heavy (non-hydrogen) atoms. The van der Waals surface area contributed by atoms with E-state index in [1.165, 1.54) is 12.1 Å². The van der Waals surface area contributed by atoms with Crippen LogP contribution in [0, 0.1) is 11.6 Å². The first-order valence-electron chi connectivity index (χ1n) is 8.53. The van der Waals surface area contributed by atoms with E-state index in [0.717, 1.165) is 0 Å². The summed E-state index contributed by atoms with van der Waals surface area (Å²) in [5, 5.41) is 0.0726. The first-order chi connectivity index (χ1) is 13.6. The Hall–Kier alpha value is -2.68. The topological polar surface area (TPSA) is 52.1 Å². The Morgan fingerprint density at radius 3 is 1.79 bits per heavy atom. The molecule has 0 amide bonds. The van der Waals surface area contributed by atoms with E-state index in [2.05, 4.69) is 9.97 Å². The zero-order valence-corrected chi connectivity index (χ0v) is 16.0. The quantitative estimate of drug-likeness (QED) is 0.329. The van der Waals surface area contributed by atoms with Gasteiger partial charge in [-0.15, -0.1) is 0 Å². The van der Waals surface area contributed by atoms with Gasteiger partial charge in [0.2, 0.25) is 0 Å². The van der Waals surface area contributed by atoms with Crippen molar-refractivity contribution in [1.82, 2.24) is 9.97 Å². The molecule has 0 unspecified atom stereocenters. The molecule has 0 saturated heterocycles. The molecule has 0 atom stereocenters. The minimum Gasteiger partial charge on any atom is -0.441 e. The van der Waals surface area contributed by atoms with Crippen molar-refractivity contribution < 1.29 is 30.8 Å². The normalized spacial score (nSPS) is 11.7. The summed E-state index contributed by atoms with van der Waals surface area (Å²) >= 11 is 5.58. The van der Waals surface area contributed by atoms with Crippen LogP contribution in [0.5, 0.6) is 0 Å². The largest absolute Gasteiger partial charge is 0.441 e. The van der Waals surface area contributed by atoms with Gasteiger partial charge in [-0.1, -0.05) is 25.4 Å². The molecule has 0 N–H and O–H groups in total. The van der Waals surface area contributed by atoms with Crippen LogP contribution in [0.3, 0.4) is 0 Å². The van der Waals surface area contributed by atoms with Gasteiger partial charge >= 0.3 is 6.18 Å². The summed E-state index contributed by atoms with van der Waals surface area (Å²) in [6.07, 6.45) is -3.59. The monoisotopic (exact) mass is 432 g/mol. The van der Waals surface area contributed by atoms with Crippen molar-refractivity contribution in [3.05, 3.63) is 58.3 Å². The molecule has 0 spiro atoms. The molecule has 4 aromatic rings. The Kier molecular flexibility index (Phi) is 5.79. The molecule has 2 aromatic carbocycles. The van der Waals surface area contributed by atoms with Crippen molar-refractivity contribution in [3.8, 4) is 0 Å². The average Bonchev–Trinajstić information content (AvgIpc) is 3.23.